The van der Waals surface area contributed by atoms with Crippen molar-refractivity contribution in [1.82, 2.24) is 10.5 Å². The Hall–Kier alpha value is -2.83. The molecule has 0 saturated carbocycles. The largest absolute Gasteiger partial charge is 0.351 e. The first-order valence-electron chi connectivity index (χ1n) is 6.86. The van der Waals surface area contributed by atoms with Crippen molar-refractivity contribution in [3.63, 3.8) is 0 Å². The molecular weight excluding hydrogens is 284 g/mol. The quantitative estimate of drug-likeness (QED) is 0.809. The van der Waals surface area contributed by atoms with E-state index in [9.17, 15) is 9.59 Å². The van der Waals surface area contributed by atoms with E-state index in [0.29, 0.717) is 17.1 Å². The van der Waals surface area contributed by atoms with E-state index in [1.54, 1.807) is 37.3 Å². The normalized spacial score (nSPS) is 10.4. The summed E-state index contributed by atoms with van der Waals surface area (Å²) in [5, 5.41) is 11.8. The number of anilines is 2. The van der Waals surface area contributed by atoms with Crippen LogP contribution in [-0.2, 0) is 0 Å². The lowest BCUT2D eigenvalue weighted by Crippen LogP contribution is -2.34. The van der Waals surface area contributed by atoms with Gasteiger partial charge in [0.25, 0.3) is 5.91 Å². The van der Waals surface area contributed by atoms with Crippen LogP contribution in [0.5, 0.6) is 0 Å². The Morgan fingerprint density at radius 1 is 1.09 bits per heavy atom. The van der Waals surface area contributed by atoms with Crippen LogP contribution in [0.4, 0.5) is 16.2 Å². The van der Waals surface area contributed by atoms with Crippen molar-refractivity contribution in [3.05, 3.63) is 41.8 Å². The minimum Gasteiger partial charge on any atom is -0.351 e. The van der Waals surface area contributed by atoms with Gasteiger partial charge >= 0.3 is 6.03 Å². The highest BCUT2D eigenvalue weighted by Gasteiger charge is 2.11. The monoisotopic (exact) mass is 302 g/mol. The molecule has 0 radical (unpaired) electrons. The molecule has 2 aromatic rings. The molecule has 0 bridgehead atoms. The van der Waals surface area contributed by atoms with Crippen molar-refractivity contribution in [3.8, 4) is 0 Å². The van der Waals surface area contributed by atoms with Gasteiger partial charge in [-0.2, -0.15) is 0 Å². The average Bonchev–Trinajstić information content (AvgIpc) is 2.87. The van der Waals surface area contributed by atoms with Crippen LogP contribution in [0, 0.1) is 6.92 Å². The zero-order chi connectivity index (χ0) is 16.1. The van der Waals surface area contributed by atoms with E-state index in [0.717, 1.165) is 0 Å². The molecule has 0 spiro atoms. The zero-order valence-corrected chi connectivity index (χ0v) is 12.6. The number of carbonyl (C=O) groups excluding carboxylic acids is 2. The molecule has 22 heavy (non-hydrogen) atoms. The van der Waals surface area contributed by atoms with Crippen molar-refractivity contribution >= 4 is 23.3 Å². The fraction of sp³-hybridized carbons (Fsp3) is 0.267. The van der Waals surface area contributed by atoms with Gasteiger partial charge in [-0.1, -0.05) is 5.16 Å². The van der Waals surface area contributed by atoms with E-state index < -0.39 is 0 Å². The molecule has 7 heteroatoms. The molecule has 3 N–H and O–H groups in total. The van der Waals surface area contributed by atoms with Crippen LogP contribution in [-0.4, -0.2) is 23.1 Å². The Balaban J connectivity index is 1.94. The summed E-state index contributed by atoms with van der Waals surface area (Å²) in [7, 11) is 0. The molecule has 0 unspecified atom stereocenters. The summed E-state index contributed by atoms with van der Waals surface area (Å²) >= 11 is 0. The lowest BCUT2D eigenvalue weighted by molar-refractivity contribution is 0.0988. The van der Waals surface area contributed by atoms with Gasteiger partial charge < -0.3 is 20.5 Å². The van der Waals surface area contributed by atoms with Gasteiger partial charge in [-0.3, -0.25) is 4.79 Å². The van der Waals surface area contributed by atoms with Crippen LogP contribution in [0.2, 0.25) is 0 Å². The first-order valence-corrected chi connectivity index (χ1v) is 6.86. The summed E-state index contributed by atoms with van der Waals surface area (Å²) in [5.74, 6) is -0.227. The molecular formula is C15H18N4O3. The smallest absolute Gasteiger partial charge is 0.319 e. The maximum absolute atomic E-state index is 11.9. The lowest BCUT2D eigenvalue weighted by atomic mass is 10.2. The fourth-order valence-electron chi connectivity index (χ4n) is 1.73. The van der Waals surface area contributed by atoms with Gasteiger partial charge in [-0.25, -0.2) is 4.79 Å². The minimum absolute atomic E-state index is 0.0592. The second kappa shape index (κ2) is 6.75. The number of urea groups is 1. The SMILES string of the molecule is Cc1cc(C(=O)Nc2ccc(NC(=O)NC(C)C)cc2)on1. The second-order valence-electron chi connectivity index (χ2n) is 5.12. The Labute approximate surface area is 128 Å². The first kappa shape index (κ1) is 15.6. The van der Waals surface area contributed by atoms with Crippen LogP contribution in [0.1, 0.15) is 30.1 Å². The minimum atomic E-state index is -0.376. The predicted octanol–water partition coefficient (Wildman–Crippen LogP) is 2.77. The molecule has 1 aromatic carbocycles. The van der Waals surface area contributed by atoms with E-state index in [2.05, 4.69) is 21.1 Å². The van der Waals surface area contributed by atoms with Crippen molar-refractivity contribution in [2.75, 3.05) is 10.6 Å². The zero-order valence-electron chi connectivity index (χ0n) is 12.6. The molecule has 0 aliphatic rings. The lowest BCUT2D eigenvalue weighted by Gasteiger charge is -2.10. The maximum atomic E-state index is 11.9. The van der Waals surface area contributed by atoms with Crippen LogP contribution in [0.15, 0.2) is 34.9 Å². The summed E-state index contributed by atoms with van der Waals surface area (Å²) in [4.78, 5) is 23.4. The van der Waals surface area contributed by atoms with E-state index in [1.165, 1.54) is 0 Å². The molecule has 0 atom stereocenters. The van der Waals surface area contributed by atoms with Crippen LogP contribution >= 0.6 is 0 Å². The maximum Gasteiger partial charge on any atom is 0.319 e. The Morgan fingerprint density at radius 2 is 1.68 bits per heavy atom. The van der Waals surface area contributed by atoms with E-state index >= 15 is 0 Å². The van der Waals surface area contributed by atoms with Gasteiger partial charge in [0.15, 0.2) is 0 Å². The molecule has 116 valence electrons. The van der Waals surface area contributed by atoms with Gasteiger partial charge in [-0.15, -0.1) is 0 Å². The highest BCUT2D eigenvalue weighted by molar-refractivity contribution is 6.02. The number of benzene rings is 1. The molecule has 1 heterocycles. The fourth-order valence-corrected chi connectivity index (χ4v) is 1.73. The summed E-state index contributed by atoms with van der Waals surface area (Å²) in [6, 6.07) is 8.11. The predicted molar refractivity (Wildman–Crippen MR) is 82.9 cm³/mol. The third kappa shape index (κ3) is 4.34. The topological polar surface area (TPSA) is 96.3 Å². The van der Waals surface area contributed by atoms with E-state index in [1.807, 2.05) is 13.8 Å². The van der Waals surface area contributed by atoms with E-state index in [-0.39, 0.29) is 23.7 Å². The average molecular weight is 302 g/mol. The third-order valence-electron chi connectivity index (χ3n) is 2.67. The number of nitrogens with one attached hydrogen (secondary N) is 3. The number of amides is 3. The van der Waals surface area contributed by atoms with Crippen molar-refractivity contribution < 1.29 is 14.1 Å². The molecule has 0 aliphatic heterocycles. The molecule has 2 rings (SSSR count). The molecule has 3 amide bonds. The van der Waals surface area contributed by atoms with Gasteiger partial charge in [0.05, 0.1) is 5.69 Å². The number of aromatic nitrogens is 1. The number of nitrogens with zero attached hydrogens (tertiary/aromatic N) is 1. The summed E-state index contributed by atoms with van der Waals surface area (Å²) in [6.45, 7) is 5.50. The highest BCUT2D eigenvalue weighted by atomic mass is 16.5. The Kier molecular flexibility index (Phi) is 4.77. The van der Waals surface area contributed by atoms with Crippen molar-refractivity contribution in [2.45, 2.75) is 26.8 Å². The molecule has 0 aliphatic carbocycles. The van der Waals surface area contributed by atoms with Crippen molar-refractivity contribution in [2.24, 2.45) is 0 Å². The first-order chi connectivity index (χ1) is 10.4. The third-order valence-corrected chi connectivity index (χ3v) is 2.67. The van der Waals surface area contributed by atoms with Gasteiger partial charge in [0.1, 0.15) is 0 Å². The second-order valence-corrected chi connectivity index (χ2v) is 5.12. The van der Waals surface area contributed by atoms with E-state index in [4.69, 9.17) is 4.52 Å². The molecule has 0 fully saturated rings. The molecule has 7 nitrogen and oxygen atoms in total. The molecule has 1 aromatic heterocycles. The Bertz CT molecular complexity index is 662. The molecule has 0 saturated heterocycles. The van der Waals surface area contributed by atoms with Gasteiger partial charge in [0, 0.05) is 23.5 Å². The number of aryl methyl sites for hydroxylation is 1. The Morgan fingerprint density at radius 3 is 2.18 bits per heavy atom. The summed E-state index contributed by atoms with van der Waals surface area (Å²) in [5.41, 5.74) is 1.86. The van der Waals surface area contributed by atoms with Crippen LogP contribution < -0.4 is 16.0 Å². The van der Waals surface area contributed by atoms with Crippen LogP contribution in [0.3, 0.4) is 0 Å². The number of hydrogen-bond acceptors (Lipinski definition) is 4. The number of hydrogen-bond donors (Lipinski definition) is 3. The van der Waals surface area contributed by atoms with Crippen molar-refractivity contribution in [1.29, 1.82) is 0 Å². The summed E-state index contributed by atoms with van der Waals surface area (Å²) in [6.07, 6.45) is 0. The number of rotatable bonds is 4. The van der Waals surface area contributed by atoms with Gasteiger partial charge in [-0.05, 0) is 45.0 Å². The highest BCUT2D eigenvalue weighted by Crippen LogP contribution is 2.15. The van der Waals surface area contributed by atoms with Crippen LogP contribution in [0.25, 0.3) is 0 Å². The van der Waals surface area contributed by atoms with Gasteiger partial charge in [0.2, 0.25) is 5.76 Å². The number of carbonyl (C=O) groups is 2. The standard InChI is InChI=1S/C15H18N4O3/c1-9(2)16-15(21)18-12-6-4-11(5-7-12)17-14(20)13-8-10(3)19-22-13/h4-9H,1-3H3,(H,17,20)(H2,16,18,21). The summed E-state index contributed by atoms with van der Waals surface area (Å²) < 4.78 is 4.88.